The number of nitrogens with zero attached hydrogens (tertiary/aromatic N) is 3. The van der Waals surface area contributed by atoms with E-state index in [0.717, 1.165) is 58.7 Å². The molecule has 0 spiro atoms. The molecule has 136 valence electrons. The second kappa shape index (κ2) is 12.4. The van der Waals surface area contributed by atoms with Crippen molar-refractivity contribution in [3.63, 3.8) is 0 Å². The minimum absolute atomic E-state index is 0. The second-order valence-electron chi connectivity index (χ2n) is 6.07. The van der Waals surface area contributed by atoms with Crippen LogP contribution in [-0.2, 0) is 0 Å². The summed E-state index contributed by atoms with van der Waals surface area (Å²) in [4.78, 5) is 9.38. The van der Waals surface area contributed by atoms with Crippen LogP contribution in [0.25, 0.3) is 0 Å². The molecule has 0 bridgehead atoms. The van der Waals surface area contributed by atoms with Crippen molar-refractivity contribution in [2.45, 2.75) is 26.2 Å². The SMILES string of the molecule is CCCCNC(N)=NCCCN1CCN(c2ccccc2)CC1.I. The molecule has 0 atom stereocenters. The van der Waals surface area contributed by atoms with E-state index in [4.69, 9.17) is 5.73 Å². The summed E-state index contributed by atoms with van der Waals surface area (Å²) in [5, 5.41) is 3.15. The van der Waals surface area contributed by atoms with Gasteiger partial charge in [0.1, 0.15) is 0 Å². The van der Waals surface area contributed by atoms with Gasteiger partial charge < -0.3 is 16.0 Å². The van der Waals surface area contributed by atoms with Crippen molar-refractivity contribution >= 4 is 35.6 Å². The third kappa shape index (κ3) is 7.70. The maximum atomic E-state index is 5.83. The maximum absolute atomic E-state index is 5.83. The van der Waals surface area contributed by atoms with Crippen molar-refractivity contribution < 1.29 is 0 Å². The van der Waals surface area contributed by atoms with Crippen LogP contribution in [0.2, 0.25) is 0 Å². The van der Waals surface area contributed by atoms with Gasteiger partial charge >= 0.3 is 0 Å². The fourth-order valence-electron chi connectivity index (χ4n) is 2.81. The van der Waals surface area contributed by atoms with Gasteiger partial charge in [0.15, 0.2) is 5.96 Å². The lowest BCUT2D eigenvalue weighted by Gasteiger charge is -2.36. The topological polar surface area (TPSA) is 56.9 Å². The normalized spacial score (nSPS) is 15.9. The summed E-state index contributed by atoms with van der Waals surface area (Å²) in [6.07, 6.45) is 3.39. The van der Waals surface area contributed by atoms with Gasteiger partial charge in [0, 0.05) is 51.5 Å². The van der Waals surface area contributed by atoms with Crippen molar-refractivity contribution in [3.8, 4) is 0 Å². The van der Waals surface area contributed by atoms with E-state index < -0.39 is 0 Å². The molecule has 0 aromatic heterocycles. The highest BCUT2D eigenvalue weighted by atomic mass is 127. The lowest BCUT2D eigenvalue weighted by Crippen LogP contribution is -2.46. The smallest absolute Gasteiger partial charge is 0.188 e. The molecule has 0 unspecified atom stereocenters. The van der Waals surface area contributed by atoms with Crippen LogP contribution in [0.4, 0.5) is 5.69 Å². The van der Waals surface area contributed by atoms with Crippen LogP contribution in [0, 0.1) is 0 Å². The molecule has 5 nitrogen and oxygen atoms in total. The van der Waals surface area contributed by atoms with Gasteiger partial charge in [0.2, 0.25) is 0 Å². The predicted octanol–water partition coefficient (Wildman–Crippen LogP) is 2.52. The van der Waals surface area contributed by atoms with Gasteiger partial charge in [-0.2, -0.15) is 0 Å². The summed E-state index contributed by atoms with van der Waals surface area (Å²) in [5.74, 6) is 0.590. The zero-order valence-electron chi connectivity index (χ0n) is 14.8. The second-order valence-corrected chi connectivity index (χ2v) is 6.07. The lowest BCUT2D eigenvalue weighted by molar-refractivity contribution is 0.256. The van der Waals surface area contributed by atoms with E-state index in [1.165, 1.54) is 12.1 Å². The number of benzene rings is 1. The third-order valence-corrected chi connectivity index (χ3v) is 4.24. The van der Waals surface area contributed by atoms with Gasteiger partial charge in [0.25, 0.3) is 0 Å². The molecule has 1 fully saturated rings. The number of nitrogens with two attached hydrogens (primary N) is 1. The van der Waals surface area contributed by atoms with Crippen LogP contribution >= 0.6 is 24.0 Å². The van der Waals surface area contributed by atoms with Crippen LogP contribution in [0.5, 0.6) is 0 Å². The van der Waals surface area contributed by atoms with E-state index in [-0.39, 0.29) is 24.0 Å². The molecule has 1 aromatic carbocycles. The van der Waals surface area contributed by atoms with E-state index in [9.17, 15) is 0 Å². The zero-order valence-corrected chi connectivity index (χ0v) is 17.1. The van der Waals surface area contributed by atoms with Crippen molar-refractivity contribution in [1.29, 1.82) is 0 Å². The molecule has 0 saturated carbocycles. The molecular formula is C18H32IN5. The number of anilines is 1. The third-order valence-electron chi connectivity index (χ3n) is 4.24. The van der Waals surface area contributed by atoms with Gasteiger partial charge in [-0.3, -0.25) is 9.89 Å². The minimum atomic E-state index is 0. The lowest BCUT2D eigenvalue weighted by atomic mass is 10.2. The molecule has 1 heterocycles. The largest absolute Gasteiger partial charge is 0.370 e. The molecule has 0 aliphatic carbocycles. The summed E-state index contributed by atoms with van der Waals surface area (Å²) in [5.41, 5.74) is 7.17. The first-order valence-electron chi connectivity index (χ1n) is 8.85. The Kier molecular flexibility index (Phi) is 10.8. The number of nitrogens with one attached hydrogen (secondary N) is 1. The van der Waals surface area contributed by atoms with Gasteiger partial charge in [-0.05, 0) is 25.0 Å². The molecule has 0 radical (unpaired) electrons. The Morgan fingerprint density at radius 1 is 1.12 bits per heavy atom. The Balaban J connectivity index is 0.00000288. The molecule has 24 heavy (non-hydrogen) atoms. The van der Waals surface area contributed by atoms with Gasteiger partial charge in [0.05, 0.1) is 0 Å². The van der Waals surface area contributed by atoms with E-state index in [2.05, 4.69) is 57.4 Å². The summed E-state index contributed by atoms with van der Waals surface area (Å²) < 4.78 is 0. The van der Waals surface area contributed by atoms with Crippen molar-refractivity contribution in [1.82, 2.24) is 10.2 Å². The summed E-state index contributed by atoms with van der Waals surface area (Å²) in [6, 6.07) is 10.7. The van der Waals surface area contributed by atoms with Crippen molar-refractivity contribution in [3.05, 3.63) is 30.3 Å². The molecule has 1 saturated heterocycles. The van der Waals surface area contributed by atoms with E-state index in [1.807, 2.05) is 0 Å². The number of piperazine rings is 1. The first-order valence-corrected chi connectivity index (χ1v) is 8.85. The highest BCUT2D eigenvalue weighted by molar-refractivity contribution is 14.0. The fraction of sp³-hybridized carbons (Fsp3) is 0.611. The maximum Gasteiger partial charge on any atom is 0.188 e. The molecule has 6 heteroatoms. The van der Waals surface area contributed by atoms with Gasteiger partial charge in [-0.25, -0.2) is 0 Å². The number of aliphatic imine (C=N–C) groups is 1. The Morgan fingerprint density at radius 2 is 1.83 bits per heavy atom. The van der Waals surface area contributed by atoms with Crippen LogP contribution in [0.3, 0.4) is 0 Å². The summed E-state index contributed by atoms with van der Waals surface area (Å²) >= 11 is 0. The van der Waals surface area contributed by atoms with E-state index >= 15 is 0 Å². The Labute approximate surface area is 163 Å². The predicted molar refractivity (Wildman–Crippen MR) is 115 cm³/mol. The molecule has 3 N–H and O–H groups in total. The highest BCUT2D eigenvalue weighted by Gasteiger charge is 2.16. The quantitative estimate of drug-likeness (QED) is 0.280. The number of hydrogen-bond acceptors (Lipinski definition) is 3. The number of rotatable bonds is 8. The van der Waals surface area contributed by atoms with E-state index in [1.54, 1.807) is 0 Å². The van der Waals surface area contributed by atoms with Crippen molar-refractivity contribution in [2.24, 2.45) is 10.7 Å². The first-order chi connectivity index (χ1) is 11.3. The monoisotopic (exact) mass is 445 g/mol. The Hall–Kier alpha value is -1.02. The van der Waals surface area contributed by atoms with Crippen molar-refractivity contribution in [2.75, 3.05) is 50.7 Å². The summed E-state index contributed by atoms with van der Waals surface area (Å²) in [7, 11) is 0. The Morgan fingerprint density at radius 3 is 2.50 bits per heavy atom. The van der Waals surface area contributed by atoms with Gasteiger partial charge in [-0.15, -0.1) is 24.0 Å². The standard InChI is InChI=1S/C18H31N5.HI/c1-2-3-10-20-18(19)21-11-7-12-22-13-15-23(16-14-22)17-8-5-4-6-9-17;/h4-6,8-9H,2-3,7,10-16H2,1H3,(H3,19,20,21);1H. The van der Waals surface area contributed by atoms with E-state index in [0.29, 0.717) is 5.96 Å². The van der Waals surface area contributed by atoms with Crippen LogP contribution in [0.15, 0.2) is 35.3 Å². The minimum Gasteiger partial charge on any atom is -0.370 e. The molecule has 1 aliphatic rings. The highest BCUT2D eigenvalue weighted by Crippen LogP contribution is 2.15. The Bertz CT molecular complexity index is 458. The van der Waals surface area contributed by atoms with Crippen LogP contribution < -0.4 is 16.0 Å². The number of halogens is 1. The molecule has 1 aliphatic heterocycles. The summed E-state index contributed by atoms with van der Waals surface area (Å²) in [6.45, 7) is 9.48. The van der Waals surface area contributed by atoms with Crippen LogP contribution in [-0.4, -0.2) is 56.7 Å². The zero-order chi connectivity index (χ0) is 16.3. The molecule has 2 rings (SSSR count). The van der Waals surface area contributed by atoms with Crippen LogP contribution in [0.1, 0.15) is 26.2 Å². The number of hydrogen-bond donors (Lipinski definition) is 2. The fourth-order valence-corrected chi connectivity index (χ4v) is 2.81. The first kappa shape index (κ1) is 21.0. The average Bonchev–Trinajstić information content (AvgIpc) is 2.60. The number of guanidine groups is 1. The van der Waals surface area contributed by atoms with Gasteiger partial charge in [-0.1, -0.05) is 31.5 Å². The molecular weight excluding hydrogens is 413 g/mol. The molecule has 1 aromatic rings. The average molecular weight is 445 g/mol. The number of para-hydroxylation sites is 1. The number of unbranched alkanes of at least 4 members (excludes halogenated alkanes) is 1. The molecule has 0 amide bonds.